The van der Waals surface area contributed by atoms with Crippen LogP contribution in [0, 0.1) is 0 Å². The summed E-state index contributed by atoms with van der Waals surface area (Å²) in [6.07, 6.45) is -3.16. The van der Waals surface area contributed by atoms with Gasteiger partial charge in [0.2, 0.25) is 5.91 Å². The van der Waals surface area contributed by atoms with Crippen LogP contribution in [-0.2, 0) is 15.0 Å². The Morgan fingerprint density at radius 1 is 1.06 bits per heavy atom. The molecule has 2 heterocycles. The van der Waals surface area contributed by atoms with Crippen molar-refractivity contribution in [1.82, 2.24) is 20.9 Å². The Balaban J connectivity index is 0.000000372. The summed E-state index contributed by atoms with van der Waals surface area (Å²) in [6, 6.07) is 17.0. The number of carbonyl (C=O) groups excluding carboxylic acids is 1. The number of hydrogen-bond donors (Lipinski definition) is 11. The number of hydrogen-bond acceptors (Lipinski definition) is 11. The highest BCUT2D eigenvalue weighted by Crippen LogP contribution is 2.31. The summed E-state index contributed by atoms with van der Waals surface area (Å²) in [6.45, 7) is 6.39. The van der Waals surface area contributed by atoms with Gasteiger partial charge in [-0.3, -0.25) is 19.9 Å². The molecular weight excluding hydrogens is 790 g/mol. The van der Waals surface area contributed by atoms with Gasteiger partial charge in [-0.1, -0.05) is 61.0 Å². The van der Waals surface area contributed by atoms with Crippen molar-refractivity contribution in [2.45, 2.75) is 57.2 Å². The number of phenols is 1. The number of H-pyrrole nitrogens is 1. The van der Waals surface area contributed by atoms with Crippen molar-refractivity contribution < 1.29 is 35.1 Å². The second-order valence-electron chi connectivity index (χ2n) is 13.0. The predicted molar refractivity (Wildman–Crippen MR) is 202 cm³/mol. The molecule has 0 bridgehead atoms. The molecule has 14 nitrogen and oxygen atoms in total. The second-order valence-corrected chi connectivity index (χ2v) is 14.7. The third kappa shape index (κ3) is 11.5. The van der Waals surface area contributed by atoms with E-state index in [1.54, 1.807) is 12.1 Å². The summed E-state index contributed by atoms with van der Waals surface area (Å²) in [5.74, 6) is -1.27. The summed E-state index contributed by atoms with van der Waals surface area (Å²) in [4.78, 5) is 31.5. The van der Waals surface area contributed by atoms with Crippen LogP contribution in [0.15, 0.2) is 74.6 Å². The number of aliphatic carboxylic acids is 1. The number of aromatic hydroxyl groups is 1. The number of benzene rings is 3. The van der Waals surface area contributed by atoms with E-state index in [-0.39, 0.29) is 30.7 Å². The van der Waals surface area contributed by atoms with Gasteiger partial charge in [0, 0.05) is 39.2 Å². The van der Waals surface area contributed by atoms with Crippen LogP contribution in [0.3, 0.4) is 0 Å². The number of fused-ring (bicyclic) bond motifs is 1. The fraction of sp³-hybridized carbons (Fsp3) is 0.343. The number of nitrogens with two attached hydrogens (primary N) is 1. The number of rotatable bonds is 10. The van der Waals surface area contributed by atoms with Crippen LogP contribution in [0.4, 0.5) is 5.69 Å². The van der Waals surface area contributed by atoms with Crippen LogP contribution in [0.25, 0.3) is 10.9 Å². The van der Waals surface area contributed by atoms with Gasteiger partial charge in [0.1, 0.15) is 18.2 Å². The van der Waals surface area contributed by atoms with Crippen molar-refractivity contribution >= 4 is 66.3 Å². The Morgan fingerprint density at radius 3 is 2.41 bits per heavy atom. The van der Waals surface area contributed by atoms with E-state index in [0.717, 1.165) is 25.4 Å². The van der Waals surface area contributed by atoms with Crippen LogP contribution in [0.5, 0.6) is 5.75 Å². The molecule has 12 N–H and O–H groups in total. The van der Waals surface area contributed by atoms with Gasteiger partial charge in [0.25, 0.3) is 0 Å². The third-order valence-electron chi connectivity index (χ3n) is 7.81. The zero-order valence-electron chi connectivity index (χ0n) is 28.2. The van der Waals surface area contributed by atoms with E-state index in [0.29, 0.717) is 35.0 Å². The molecule has 0 spiro atoms. The molecule has 1 aromatic heterocycles. The number of carboxylic acids is 1. The van der Waals surface area contributed by atoms with Crippen molar-refractivity contribution in [3.8, 4) is 5.75 Å². The Hall–Kier alpha value is -4.03. The van der Waals surface area contributed by atoms with E-state index in [9.17, 15) is 35.1 Å². The van der Waals surface area contributed by atoms with E-state index in [4.69, 9.17) is 5.73 Å². The zero-order chi connectivity index (χ0) is 37.5. The number of guanidine groups is 1. The van der Waals surface area contributed by atoms with Crippen molar-refractivity contribution in [2.75, 3.05) is 25.0 Å². The number of para-hydroxylation sites is 1. The molecule has 16 heteroatoms. The Bertz CT molecular complexity index is 1880. The lowest BCUT2D eigenvalue weighted by Gasteiger charge is -2.24. The first-order valence-corrected chi connectivity index (χ1v) is 17.6. The second kappa shape index (κ2) is 17.5. The molecule has 4 aromatic rings. The van der Waals surface area contributed by atoms with Crippen molar-refractivity contribution in [1.29, 1.82) is 0 Å². The van der Waals surface area contributed by atoms with E-state index < -0.39 is 36.5 Å². The van der Waals surface area contributed by atoms with E-state index in [2.05, 4.69) is 63.1 Å². The largest absolute Gasteiger partial charge is 0.508 e. The van der Waals surface area contributed by atoms with Crippen molar-refractivity contribution in [2.24, 2.45) is 10.7 Å². The lowest BCUT2D eigenvalue weighted by molar-refractivity contribution is -0.137. The zero-order valence-corrected chi connectivity index (χ0v) is 31.4. The average molecular weight is 834 g/mol. The summed E-state index contributed by atoms with van der Waals surface area (Å²) in [5.41, 5.74) is 9.14. The SMILES string of the molecule is CC(C)(C)c1cc(Br)cc(C(CC(=O)O)NC(=O)CNC(O)c2cc(O)cc(NC3=NCC(O)CN3)c2)c1.NC(O)c1[nH]c2ccccc2c1Br. The van der Waals surface area contributed by atoms with Crippen LogP contribution in [0.2, 0.25) is 0 Å². The number of aromatic nitrogens is 1. The maximum Gasteiger partial charge on any atom is 0.305 e. The minimum Gasteiger partial charge on any atom is -0.508 e. The van der Waals surface area contributed by atoms with E-state index >= 15 is 0 Å². The van der Waals surface area contributed by atoms with Gasteiger partial charge in [0.05, 0.1) is 41.8 Å². The molecule has 51 heavy (non-hydrogen) atoms. The Morgan fingerprint density at radius 2 is 1.78 bits per heavy atom. The van der Waals surface area contributed by atoms with E-state index in [1.165, 1.54) is 12.1 Å². The van der Waals surface area contributed by atoms with Crippen LogP contribution < -0.4 is 27.0 Å². The maximum atomic E-state index is 12.7. The number of carboxylic acid groups (broad SMARTS) is 1. The normalized spacial score (nSPS) is 16.2. The smallest absolute Gasteiger partial charge is 0.305 e. The molecule has 0 fully saturated rings. The van der Waals surface area contributed by atoms with Crippen LogP contribution in [-0.4, -0.2) is 74.1 Å². The van der Waals surface area contributed by atoms with Gasteiger partial charge < -0.3 is 52.2 Å². The number of amides is 1. The number of phenolic OH excluding ortho intramolecular Hbond substituents is 1. The third-order valence-corrected chi connectivity index (χ3v) is 9.12. The van der Waals surface area contributed by atoms with Gasteiger partial charge in [-0.05, 0) is 62.8 Å². The highest BCUT2D eigenvalue weighted by Gasteiger charge is 2.23. The quantitative estimate of drug-likeness (QED) is 0.102. The topological polar surface area (TPSA) is 238 Å². The fourth-order valence-electron chi connectivity index (χ4n) is 5.18. The van der Waals surface area contributed by atoms with Gasteiger partial charge in [-0.2, -0.15) is 0 Å². The van der Waals surface area contributed by atoms with Gasteiger partial charge in [0.15, 0.2) is 5.96 Å². The molecule has 274 valence electrons. The number of aliphatic hydroxyl groups is 3. The van der Waals surface area contributed by atoms with E-state index in [1.807, 2.05) is 57.2 Å². The van der Waals surface area contributed by atoms with Crippen molar-refractivity contribution in [3.63, 3.8) is 0 Å². The minimum atomic E-state index is -1.30. The summed E-state index contributed by atoms with van der Waals surface area (Å²) in [5, 5.41) is 61.2. The molecule has 0 radical (unpaired) electrons. The summed E-state index contributed by atoms with van der Waals surface area (Å²) >= 11 is 6.86. The highest BCUT2D eigenvalue weighted by molar-refractivity contribution is 9.11. The summed E-state index contributed by atoms with van der Waals surface area (Å²) in [7, 11) is 0. The number of halogens is 2. The number of nitrogens with zero attached hydrogens (tertiary/aromatic N) is 1. The first-order valence-electron chi connectivity index (χ1n) is 16.0. The molecule has 0 aliphatic carbocycles. The molecule has 1 amide bonds. The fourth-order valence-corrected chi connectivity index (χ4v) is 6.37. The standard InChI is InChI=1S/C26H34BrN5O6.C9H9BrN2O/c1-26(2,3)16-4-14(5-17(27)8-16)21(10-23(36)37)32-22(35)13-28-24(38)15-6-18(9-19(33)7-15)31-25-29-11-20(34)12-30-25;10-7-5-3-1-2-4-6(5)12-8(7)9(11)13/h4-9,20-21,24,28,33-34,38H,10-13H2,1-3H3,(H,32,35)(H,36,37)(H2,29,30,31);1-4,9,12-13H,11H2. The van der Waals surface area contributed by atoms with Gasteiger partial charge in [-0.15, -0.1) is 0 Å². The number of aliphatic hydroxyl groups excluding tert-OH is 3. The van der Waals surface area contributed by atoms with Gasteiger partial charge in [-0.25, -0.2) is 0 Å². The monoisotopic (exact) mass is 831 g/mol. The molecule has 0 saturated carbocycles. The number of β-amino-alcohol motifs (C(OH)–C–C–N with tert-alkyl or cyclic N) is 1. The Kier molecular flexibility index (Phi) is 13.6. The first kappa shape index (κ1) is 39.8. The summed E-state index contributed by atoms with van der Waals surface area (Å²) < 4.78 is 1.61. The molecule has 4 atom stereocenters. The lowest BCUT2D eigenvalue weighted by Crippen LogP contribution is -2.42. The number of nitrogens with one attached hydrogen (secondary N) is 5. The minimum absolute atomic E-state index is 0.113. The number of anilines is 1. The maximum absolute atomic E-state index is 12.7. The van der Waals surface area contributed by atoms with Gasteiger partial charge >= 0.3 is 5.97 Å². The highest BCUT2D eigenvalue weighted by atomic mass is 79.9. The van der Waals surface area contributed by atoms with Crippen molar-refractivity contribution in [3.05, 3.63) is 92.0 Å². The Labute approximate surface area is 311 Å². The number of aliphatic imine (C=N–C) groups is 1. The molecule has 0 saturated heterocycles. The lowest BCUT2D eigenvalue weighted by atomic mass is 9.85. The molecular formula is C35H43Br2N7O7. The number of aromatic amines is 1. The number of carbonyl (C=O) groups is 2. The first-order chi connectivity index (χ1) is 24.0. The molecule has 4 unspecified atom stereocenters. The predicted octanol–water partition coefficient (Wildman–Crippen LogP) is 3.98. The molecule has 1 aliphatic rings. The molecule has 5 rings (SSSR count). The van der Waals surface area contributed by atoms with Crippen LogP contribution >= 0.6 is 31.9 Å². The van der Waals surface area contributed by atoms with Crippen LogP contribution in [0.1, 0.15) is 68.1 Å². The average Bonchev–Trinajstić information content (AvgIpc) is 3.40. The molecule has 3 aromatic carbocycles. The molecule has 1 aliphatic heterocycles.